The van der Waals surface area contributed by atoms with Crippen molar-refractivity contribution in [1.29, 1.82) is 0 Å². The number of ether oxygens (including phenoxy) is 1. The number of benzene rings is 1. The summed E-state index contributed by atoms with van der Waals surface area (Å²) in [7, 11) is 1.99. The molecule has 0 bridgehead atoms. The summed E-state index contributed by atoms with van der Waals surface area (Å²) in [4.78, 5) is 14.6. The Bertz CT molecular complexity index is 477. The molecule has 0 spiro atoms. The molecular formula is C19H30N2O2. The lowest BCUT2D eigenvalue weighted by Crippen LogP contribution is -2.38. The molecule has 128 valence electrons. The summed E-state index contributed by atoms with van der Waals surface area (Å²) < 4.78 is 5.67. The van der Waals surface area contributed by atoms with Crippen LogP contribution >= 0.6 is 0 Å². The van der Waals surface area contributed by atoms with Gasteiger partial charge < -0.3 is 15.0 Å². The highest BCUT2D eigenvalue weighted by Crippen LogP contribution is 2.22. The second-order valence-corrected chi connectivity index (χ2v) is 6.86. The molecule has 1 N–H and O–H groups in total. The highest BCUT2D eigenvalue weighted by molar-refractivity contribution is 5.94. The topological polar surface area (TPSA) is 41.6 Å². The van der Waals surface area contributed by atoms with Crippen LogP contribution in [0.1, 0.15) is 43.5 Å². The van der Waals surface area contributed by atoms with E-state index in [9.17, 15) is 4.79 Å². The molecule has 1 aromatic rings. The van der Waals surface area contributed by atoms with Crippen molar-refractivity contribution in [2.75, 3.05) is 33.3 Å². The molecule has 0 atom stereocenters. The van der Waals surface area contributed by atoms with Crippen LogP contribution in [0.15, 0.2) is 24.3 Å². The van der Waals surface area contributed by atoms with Crippen molar-refractivity contribution in [2.24, 2.45) is 11.8 Å². The van der Waals surface area contributed by atoms with Crippen LogP contribution in [0.25, 0.3) is 0 Å². The lowest BCUT2D eigenvalue weighted by Gasteiger charge is -2.32. The minimum Gasteiger partial charge on any atom is -0.493 e. The highest BCUT2D eigenvalue weighted by atomic mass is 16.5. The summed E-state index contributed by atoms with van der Waals surface area (Å²) in [5.41, 5.74) is 0.760. The van der Waals surface area contributed by atoms with E-state index in [0.29, 0.717) is 12.5 Å². The van der Waals surface area contributed by atoms with Crippen molar-refractivity contribution < 1.29 is 9.53 Å². The summed E-state index contributed by atoms with van der Waals surface area (Å²) in [6.07, 6.45) is 3.44. The van der Waals surface area contributed by atoms with E-state index in [0.717, 1.165) is 49.7 Å². The molecule has 4 nitrogen and oxygen atoms in total. The number of likely N-dealkylation sites (tertiary alicyclic amines) is 1. The molecule has 2 rings (SSSR count). The standard InChI is InChI=1S/C19H30N2O2/c1-15(2)14-23-18-6-4-17(5-7-18)19(22)21-12-9-16(10-13-21)8-11-20-3/h4-7,15-16,20H,8-14H2,1-3H3. The Morgan fingerprint density at radius 2 is 1.91 bits per heavy atom. The number of carbonyl (C=O) groups is 1. The van der Waals surface area contributed by atoms with Gasteiger partial charge >= 0.3 is 0 Å². The monoisotopic (exact) mass is 318 g/mol. The van der Waals surface area contributed by atoms with Crippen molar-refractivity contribution >= 4 is 5.91 Å². The zero-order valence-electron chi connectivity index (χ0n) is 14.7. The fraction of sp³-hybridized carbons (Fsp3) is 0.632. The Labute approximate surface area is 140 Å². The fourth-order valence-electron chi connectivity index (χ4n) is 2.91. The molecule has 1 fully saturated rings. The van der Waals surface area contributed by atoms with Crippen molar-refractivity contribution in [3.8, 4) is 5.75 Å². The Kier molecular flexibility index (Phi) is 6.90. The Morgan fingerprint density at radius 3 is 2.48 bits per heavy atom. The van der Waals surface area contributed by atoms with Crippen LogP contribution in [0.4, 0.5) is 0 Å². The third-order valence-corrected chi connectivity index (χ3v) is 4.39. The van der Waals surface area contributed by atoms with Crippen LogP contribution in [0.2, 0.25) is 0 Å². The largest absolute Gasteiger partial charge is 0.493 e. The lowest BCUT2D eigenvalue weighted by atomic mass is 9.93. The van der Waals surface area contributed by atoms with Crippen LogP contribution in [0, 0.1) is 11.8 Å². The van der Waals surface area contributed by atoms with Gasteiger partial charge in [0.05, 0.1) is 6.61 Å². The highest BCUT2D eigenvalue weighted by Gasteiger charge is 2.23. The smallest absolute Gasteiger partial charge is 0.253 e. The molecule has 0 unspecified atom stereocenters. The minimum absolute atomic E-state index is 0.146. The third-order valence-electron chi connectivity index (χ3n) is 4.39. The van der Waals surface area contributed by atoms with Crippen LogP contribution < -0.4 is 10.1 Å². The first-order valence-corrected chi connectivity index (χ1v) is 8.77. The van der Waals surface area contributed by atoms with Crippen LogP contribution in [-0.4, -0.2) is 44.1 Å². The van der Waals surface area contributed by atoms with E-state index in [-0.39, 0.29) is 5.91 Å². The van der Waals surface area contributed by atoms with E-state index in [2.05, 4.69) is 19.2 Å². The van der Waals surface area contributed by atoms with Crippen LogP contribution in [0.5, 0.6) is 5.75 Å². The maximum absolute atomic E-state index is 12.6. The number of carbonyl (C=O) groups excluding carboxylic acids is 1. The molecule has 1 saturated heterocycles. The van der Waals surface area contributed by atoms with Gasteiger partial charge in [-0.25, -0.2) is 0 Å². The summed E-state index contributed by atoms with van der Waals surface area (Å²) in [5.74, 6) is 2.23. The van der Waals surface area contributed by atoms with Crippen LogP contribution in [-0.2, 0) is 0 Å². The Morgan fingerprint density at radius 1 is 1.26 bits per heavy atom. The summed E-state index contributed by atoms with van der Waals surface area (Å²) >= 11 is 0. The summed E-state index contributed by atoms with van der Waals surface area (Å²) in [6.45, 7) is 7.76. The SMILES string of the molecule is CNCCC1CCN(C(=O)c2ccc(OCC(C)C)cc2)CC1. The number of nitrogens with zero attached hydrogens (tertiary/aromatic N) is 1. The number of piperidine rings is 1. The van der Waals surface area contributed by atoms with Gasteiger partial charge in [0.2, 0.25) is 0 Å². The summed E-state index contributed by atoms with van der Waals surface area (Å²) in [6, 6.07) is 7.56. The van der Waals surface area contributed by atoms with Crippen molar-refractivity contribution in [3.63, 3.8) is 0 Å². The fourth-order valence-corrected chi connectivity index (χ4v) is 2.91. The summed E-state index contributed by atoms with van der Waals surface area (Å²) in [5, 5.41) is 3.20. The van der Waals surface area contributed by atoms with Gasteiger partial charge in [-0.05, 0) is 69.0 Å². The van der Waals surface area contributed by atoms with E-state index in [4.69, 9.17) is 4.74 Å². The molecule has 1 amide bonds. The van der Waals surface area contributed by atoms with Gasteiger partial charge in [0.25, 0.3) is 5.91 Å². The number of hydrogen-bond acceptors (Lipinski definition) is 3. The molecule has 4 heteroatoms. The van der Waals surface area contributed by atoms with Crippen molar-refractivity contribution in [1.82, 2.24) is 10.2 Å². The molecule has 0 aromatic heterocycles. The quantitative estimate of drug-likeness (QED) is 0.839. The first kappa shape index (κ1) is 17.8. The molecule has 0 saturated carbocycles. The van der Waals surface area contributed by atoms with E-state index < -0.39 is 0 Å². The zero-order chi connectivity index (χ0) is 16.7. The number of hydrogen-bond donors (Lipinski definition) is 1. The normalized spacial score (nSPS) is 15.9. The molecule has 1 heterocycles. The minimum atomic E-state index is 0.146. The average molecular weight is 318 g/mol. The van der Waals surface area contributed by atoms with Gasteiger partial charge in [0.1, 0.15) is 5.75 Å². The lowest BCUT2D eigenvalue weighted by molar-refractivity contribution is 0.0687. The zero-order valence-corrected chi connectivity index (χ0v) is 14.7. The molecular weight excluding hydrogens is 288 g/mol. The Hall–Kier alpha value is -1.55. The maximum atomic E-state index is 12.6. The van der Waals surface area contributed by atoms with Crippen LogP contribution in [0.3, 0.4) is 0 Å². The molecule has 23 heavy (non-hydrogen) atoms. The number of nitrogens with one attached hydrogen (secondary N) is 1. The first-order chi connectivity index (χ1) is 11.1. The van der Waals surface area contributed by atoms with E-state index in [1.54, 1.807) is 0 Å². The number of rotatable bonds is 7. The van der Waals surface area contributed by atoms with Gasteiger partial charge in [-0.3, -0.25) is 4.79 Å². The predicted molar refractivity (Wildman–Crippen MR) is 93.9 cm³/mol. The molecule has 0 radical (unpaired) electrons. The molecule has 1 aliphatic heterocycles. The van der Waals surface area contributed by atoms with E-state index in [1.807, 2.05) is 36.2 Å². The predicted octanol–water partition coefficient (Wildman–Crippen LogP) is 3.18. The third kappa shape index (κ3) is 5.54. The van der Waals surface area contributed by atoms with E-state index in [1.165, 1.54) is 6.42 Å². The van der Waals surface area contributed by atoms with Gasteiger partial charge in [0, 0.05) is 18.7 Å². The van der Waals surface area contributed by atoms with Crippen molar-refractivity contribution in [3.05, 3.63) is 29.8 Å². The maximum Gasteiger partial charge on any atom is 0.253 e. The van der Waals surface area contributed by atoms with E-state index >= 15 is 0 Å². The molecule has 0 aliphatic carbocycles. The number of amides is 1. The van der Waals surface area contributed by atoms with Gasteiger partial charge in [0.15, 0.2) is 0 Å². The Balaban J connectivity index is 1.84. The first-order valence-electron chi connectivity index (χ1n) is 8.77. The van der Waals surface area contributed by atoms with Gasteiger partial charge in [-0.15, -0.1) is 0 Å². The van der Waals surface area contributed by atoms with Gasteiger partial charge in [-0.1, -0.05) is 13.8 Å². The average Bonchev–Trinajstić information content (AvgIpc) is 2.58. The second kappa shape index (κ2) is 8.92. The van der Waals surface area contributed by atoms with Gasteiger partial charge in [-0.2, -0.15) is 0 Å². The molecule has 1 aliphatic rings. The molecule has 1 aromatic carbocycles. The second-order valence-electron chi connectivity index (χ2n) is 6.86. The van der Waals surface area contributed by atoms with Crippen molar-refractivity contribution in [2.45, 2.75) is 33.1 Å².